The molecule has 1 aromatic rings. The van der Waals surface area contributed by atoms with E-state index in [1.165, 1.54) is 12.3 Å². The first-order chi connectivity index (χ1) is 9.43. The molecule has 20 heavy (non-hydrogen) atoms. The van der Waals surface area contributed by atoms with E-state index in [0.717, 1.165) is 0 Å². The Balaban J connectivity index is 2.72. The molecule has 4 nitrogen and oxygen atoms in total. The van der Waals surface area contributed by atoms with E-state index in [9.17, 15) is 4.79 Å². The lowest BCUT2D eigenvalue weighted by molar-refractivity contribution is -0.112. The second-order valence-corrected chi connectivity index (χ2v) is 5.37. The second-order valence-electron chi connectivity index (χ2n) is 4.55. The lowest BCUT2D eigenvalue weighted by atomic mass is 10.2. The quantitative estimate of drug-likeness (QED) is 0.645. The highest BCUT2D eigenvalue weighted by Crippen LogP contribution is 2.25. The smallest absolute Gasteiger partial charge is 0.267 e. The van der Waals surface area contributed by atoms with Gasteiger partial charge in [0.25, 0.3) is 5.91 Å². The van der Waals surface area contributed by atoms with Crippen LogP contribution >= 0.6 is 23.2 Å². The van der Waals surface area contributed by atoms with Crippen LogP contribution in [0.3, 0.4) is 0 Å². The number of anilines is 1. The van der Waals surface area contributed by atoms with Crippen LogP contribution in [0.4, 0.5) is 5.69 Å². The van der Waals surface area contributed by atoms with Crippen LogP contribution in [-0.4, -0.2) is 12.5 Å². The van der Waals surface area contributed by atoms with Crippen molar-refractivity contribution in [3.8, 4) is 6.07 Å². The van der Waals surface area contributed by atoms with Gasteiger partial charge in [0.1, 0.15) is 11.6 Å². The van der Waals surface area contributed by atoms with Gasteiger partial charge in [0, 0.05) is 18.4 Å². The molecule has 0 aliphatic carbocycles. The van der Waals surface area contributed by atoms with Crippen LogP contribution in [0.1, 0.15) is 13.8 Å². The number of nitrogens with zero attached hydrogens (tertiary/aromatic N) is 1. The zero-order chi connectivity index (χ0) is 15.1. The summed E-state index contributed by atoms with van der Waals surface area (Å²) in [5.41, 5.74) is 0.478. The molecule has 0 bridgehead atoms. The van der Waals surface area contributed by atoms with Crippen LogP contribution in [0.5, 0.6) is 0 Å². The Labute approximate surface area is 128 Å². The molecule has 0 aliphatic heterocycles. The van der Waals surface area contributed by atoms with Gasteiger partial charge in [0.2, 0.25) is 0 Å². The minimum atomic E-state index is -0.498. The third-order valence-corrected chi connectivity index (χ3v) is 3.05. The number of hydrogen-bond donors (Lipinski definition) is 2. The lowest BCUT2D eigenvalue weighted by Gasteiger charge is -2.07. The maximum absolute atomic E-state index is 11.9. The number of nitrogens with one attached hydrogen (secondary N) is 2. The van der Waals surface area contributed by atoms with Crippen molar-refractivity contribution >= 4 is 34.8 Å². The molecule has 0 fully saturated rings. The van der Waals surface area contributed by atoms with Crippen molar-refractivity contribution < 1.29 is 4.79 Å². The van der Waals surface area contributed by atoms with Gasteiger partial charge in [-0.05, 0) is 24.1 Å². The lowest BCUT2D eigenvalue weighted by Crippen LogP contribution is -2.19. The predicted molar refractivity (Wildman–Crippen MR) is 81.6 cm³/mol. The van der Waals surface area contributed by atoms with Crippen molar-refractivity contribution in [2.24, 2.45) is 5.92 Å². The summed E-state index contributed by atoms with van der Waals surface area (Å²) in [6, 6.07) is 6.56. The van der Waals surface area contributed by atoms with E-state index in [1.54, 1.807) is 12.1 Å². The SMILES string of the molecule is CC(C)CN/C=C(/C#N)C(=O)Nc1ccc(Cl)c(Cl)c1. The summed E-state index contributed by atoms with van der Waals surface area (Å²) < 4.78 is 0. The van der Waals surface area contributed by atoms with Gasteiger partial charge in [-0.15, -0.1) is 0 Å². The van der Waals surface area contributed by atoms with E-state index in [0.29, 0.717) is 28.2 Å². The zero-order valence-electron chi connectivity index (χ0n) is 11.2. The van der Waals surface area contributed by atoms with Gasteiger partial charge < -0.3 is 10.6 Å². The molecule has 0 aromatic heterocycles. The van der Waals surface area contributed by atoms with Crippen LogP contribution in [-0.2, 0) is 4.79 Å². The first-order valence-corrected chi connectivity index (χ1v) is 6.79. The highest BCUT2D eigenvalue weighted by atomic mass is 35.5. The fourth-order valence-corrected chi connectivity index (χ4v) is 1.62. The number of benzene rings is 1. The van der Waals surface area contributed by atoms with E-state index in [-0.39, 0.29) is 5.57 Å². The summed E-state index contributed by atoms with van der Waals surface area (Å²) >= 11 is 11.6. The van der Waals surface area contributed by atoms with E-state index in [1.807, 2.05) is 19.9 Å². The summed E-state index contributed by atoms with van der Waals surface area (Å²) in [4.78, 5) is 11.9. The van der Waals surface area contributed by atoms with E-state index in [2.05, 4.69) is 10.6 Å². The van der Waals surface area contributed by atoms with Gasteiger partial charge in [-0.1, -0.05) is 37.0 Å². The van der Waals surface area contributed by atoms with E-state index < -0.39 is 5.91 Å². The Kier molecular flexibility index (Phi) is 6.37. The zero-order valence-corrected chi connectivity index (χ0v) is 12.7. The average molecular weight is 312 g/mol. The van der Waals surface area contributed by atoms with Gasteiger partial charge in [0.15, 0.2) is 0 Å². The van der Waals surface area contributed by atoms with E-state index >= 15 is 0 Å². The second kappa shape index (κ2) is 7.78. The third kappa shape index (κ3) is 5.12. The molecule has 0 heterocycles. The maximum atomic E-state index is 11.9. The third-order valence-electron chi connectivity index (χ3n) is 2.32. The molecule has 1 rings (SSSR count). The molecular weight excluding hydrogens is 297 g/mol. The molecule has 106 valence electrons. The summed E-state index contributed by atoms with van der Waals surface area (Å²) in [6.45, 7) is 4.75. The van der Waals surface area contributed by atoms with Gasteiger partial charge in [-0.25, -0.2) is 0 Å². The maximum Gasteiger partial charge on any atom is 0.267 e. The Bertz CT molecular complexity index is 562. The van der Waals surface area contributed by atoms with Crippen molar-refractivity contribution in [3.05, 3.63) is 40.0 Å². The molecule has 0 unspecified atom stereocenters. The predicted octanol–water partition coefficient (Wildman–Crippen LogP) is 3.58. The topological polar surface area (TPSA) is 64.9 Å². The fraction of sp³-hybridized carbons (Fsp3) is 0.286. The average Bonchev–Trinajstić information content (AvgIpc) is 2.38. The van der Waals surface area contributed by atoms with Crippen LogP contribution in [0.15, 0.2) is 30.0 Å². The monoisotopic (exact) mass is 311 g/mol. The number of carbonyl (C=O) groups is 1. The molecule has 0 aliphatic rings. The van der Waals surface area contributed by atoms with Gasteiger partial charge >= 0.3 is 0 Å². The number of rotatable bonds is 5. The standard InChI is InChI=1S/C14H15Cl2N3O/c1-9(2)7-18-8-10(6-17)14(20)19-11-3-4-12(15)13(16)5-11/h3-5,8-9,18H,7H2,1-2H3,(H,19,20)/b10-8-. The van der Waals surface area contributed by atoms with Gasteiger partial charge in [0.05, 0.1) is 10.0 Å². The first-order valence-electron chi connectivity index (χ1n) is 6.04. The summed E-state index contributed by atoms with van der Waals surface area (Å²) in [5, 5.41) is 15.2. The number of nitriles is 1. The normalized spacial score (nSPS) is 11.1. The molecule has 1 amide bonds. The highest BCUT2D eigenvalue weighted by molar-refractivity contribution is 6.42. The largest absolute Gasteiger partial charge is 0.389 e. The molecule has 0 spiro atoms. The number of carbonyl (C=O) groups excluding carboxylic acids is 1. The Morgan fingerprint density at radius 2 is 2.10 bits per heavy atom. The molecule has 0 saturated heterocycles. The highest BCUT2D eigenvalue weighted by Gasteiger charge is 2.10. The number of amides is 1. The van der Waals surface area contributed by atoms with E-state index in [4.69, 9.17) is 28.5 Å². The van der Waals surface area contributed by atoms with Crippen LogP contribution < -0.4 is 10.6 Å². The number of halogens is 2. The summed E-state index contributed by atoms with van der Waals surface area (Å²) in [5.74, 6) is -0.0773. The van der Waals surface area contributed by atoms with Crippen molar-refractivity contribution in [1.82, 2.24) is 5.32 Å². The van der Waals surface area contributed by atoms with Crippen LogP contribution in [0.25, 0.3) is 0 Å². The fourth-order valence-electron chi connectivity index (χ4n) is 1.32. The molecule has 6 heteroatoms. The van der Waals surface area contributed by atoms with Crippen molar-refractivity contribution in [2.75, 3.05) is 11.9 Å². The summed E-state index contributed by atoms with van der Waals surface area (Å²) in [7, 11) is 0. The molecule has 0 saturated carbocycles. The Hall–Kier alpha value is -1.70. The molecule has 0 atom stereocenters. The minimum Gasteiger partial charge on any atom is -0.389 e. The molecular formula is C14H15Cl2N3O. The Morgan fingerprint density at radius 3 is 2.65 bits per heavy atom. The molecule has 1 aromatic carbocycles. The summed E-state index contributed by atoms with van der Waals surface area (Å²) in [6.07, 6.45) is 1.41. The Morgan fingerprint density at radius 1 is 1.40 bits per heavy atom. The number of hydrogen-bond acceptors (Lipinski definition) is 3. The first kappa shape index (κ1) is 16.4. The van der Waals surface area contributed by atoms with Crippen LogP contribution in [0.2, 0.25) is 10.0 Å². The van der Waals surface area contributed by atoms with Gasteiger partial charge in [-0.2, -0.15) is 5.26 Å². The minimum absolute atomic E-state index is 0.00303. The van der Waals surface area contributed by atoms with Gasteiger partial charge in [-0.3, -0.25) is 4.79 Å². The van der Waals surface area contributed by atoms with Crippen molar-refractivity contribution in [1.29, 1.82) is 5.26 Å². The molecule has 2 N–H and O–H groups in total. The van der Waals surface area contributed by atoms with Crippen molar-refractivity contribution in [2.45, 2.75) is 13.8 Å². The molecule has 0 radical (unpaired) electrons. The van der Waals surface area contributed by atoms with Crippen molar-refractivity contribution in [3.63, 3.8) is 0 Å². The van der Waals surface area contributed by atoms with Crippen LogP contribution in [0, 0.1) is 17.2 Å².